The first kappa shape index (κ1) is 25.6. The maximum atomic E-state index is 12.1. The second-order valence-electron chi connectivity index (χ2n) is 8.39. The van der Waals surface area contributed by atoms with Crippen LogP contribution in [0.3, 0.4) is 0 Å². The predicted molar refractivity (Wildman–Crippen MR) is 126 cm³/mol. The van der Waals surface area contributed by atoms with Crippen LogP contribution in [0.15, 0.2) is 30.9 Å². The van der Waals surface area contributed by atoms with Gasteiger partial charge in [0.1, 0.15) is 31.0 Å². The molecule has 0 aromatic carbocycles. The highest BCUT2D eigenvalue weighted by Gasteiger charge is 2.24. The van der Waals surface area contributed by atoms with Crippen molar-refractivity contribution in [3.05, 3.63) is 30.9 Å². The summed E-state index contributed by atoms with van der Waals surface area (Å²) < 4.78 is 8.51. The lowest BCUT2D eigenvalue weighted by atomic mass is 10.0. The summed E-state index contributed by atoms with van der Waals surface area (Å²) in [6.45, 7) is 6.35. The van der Waals surface area contributed by atoms with Crippen LogP contribution in [-0.4, -0.2) is 70.5 Å². The quantitative estimate of drug-likeness (QED) is 0.272. The summed E-state index contributed by atoms with van der Waals surface area (Å²) in [5.74, 6) is 0.371. The van der Waals surface area contributed by atoms with Crippen molar-refractivity contribution in [2.75, 3.05) is 11.9 Å². The van der Waals surface area contributed by atoms with E-state index in [2.05, 4.69) is 38.8 Å². The van der Waals surface area contributed by atoms with E-state index in [1.807, 2.05) is 12.3 Å². The van der Waals surface area contributed by atoms with E-state index in [1.165, 1.54) is 4.68 Å². The number of rotatable bonds is 13. The highest BCUT2D eigenvalue weighted by Crippen LogP contribution is 2.20. The van der Waals surface area contributed by atoms with Gasteiger partial charge in [-0.05, 0) is 18.4 Å². The summed E-state index contributed by atoms with van der Waals surface area (Å²) in [6.07, 6.45) is 5.60. The Labute approximate surface area is 198 Å². The minimum Gasteiger partial charge on any atom is -0.461 e. The number of esters is 1. The minimum absolute atomic E-state index is 0.182. The van der Waals surface area contributed by atoms with Gasteiger partial charge < -0.3 is 29.9 Å². The Kier molecular flexibility index (Phi) is 8.97. The summed E-state index contributed by atoms with van der Waals surface area (Å²) >= 11 is 0. The van der Waals surface area contributed by atoms with Crippen LogP contribution in [0.25, 0.3) is 11.0 Å². The first-order valence-electron chi connectivity index (χ1n) is 11.7. The van der Waals surface area contributed by atoms with Crippen molar-refractivity contribution in [3.8, 4) is 0 Å². The molecule has 34 heavy (non-hydrogen) atoms. The van der Waals surface area contributed by atoms with E-state index in [9.17, 15) is 20.1 Å². The van der Waals surface area contributed by atoms with Gasteiger partial charge in [-0.1, -0.05) is 33.6 Å². The third kappa shape index (κ3) is 6.52. The first-order chi connectivity index (χ1) is 16.3. The monoisotopic (exact) mass is 474 g/mol. The second-order valence-corrected chi connectivity index (χ2v) is 8.39. The Morgan fingerprint density at radius 3 is 2.59 bits per heavy atom. The van der Waals surface area contributed by atoms with Gasteiger partial charge in [0, 0.05) is 30.5 Å². The van der Waals surface area contributed by atoms with E-state index in [0.717, 1.165) is 30.4 Å². The maximum absolute atomic E-state index is 12.1. The van der Waals surface area contributed by atoms with Crippen LogP contribution in [0.1, 0.15) is 40.0 Å². The zero-order valence-electron chi connectivity index (χ0n) is 19.8. The number of aliphatic hydroxyl groups is 3. The lowest BCUT2D eigenvalue weighted by Gasteiger charge is -2.21. The Hall–Kier alpha value is -3.02. The number of aromatic nitrogens is 5. The highest BCUT2D eigenvalue weighted by molar-refractivity contribution is 5.76. The van der Waals surface area contributed by atoms with Crippen LogP contribution in [-0.2, 0) is 22.6 Å². The molecule has 0 amide bonds. The smallest absolute Gasteiger partial charge is 0.327 e. The Bertz CT molecular complexity index is 1060. The van der Waals surface area contributed by atoms with Gasteiger partial charge in [0.25, 0.3) is 0 Å². The number of carbonyl (C=O) groups is 1. The fourth-order valence-corrected chi connectivity index (χ4v) is 3.60. The van der Waals surface area contributed by atoms with Crippen molar-refractivity contribution in [1.82, 2.24) is 24.3 Å². The van der Waals surface area contributed by atoms with Crippen LogP contribution in [0.5, 0.6) is 0 Å². The van der Waals surface area contributed by atoms with Crippen molar-refractivity contribution in [2.24, 2.45) is 5.92 Å². The van der Waals surface area contributed by atoms with Crippen molar-refractivity contribution < 1.29 is 24.9 Å². The largest absolute Gasteiger partial charge is 0.461 e. The molecule has 0 spiro atoms. The number of hydrogen-bond acceptors (Lipinski definition) is 9. The molecule has 0 bridgehead atoms. The summed E-state index contributed by atoms with van der Waals surface area (Å²) in [7, 11) is 0. The number of carbonyl (C=O) groups excluding carboxylic acids is 1. The SMILES string of the molecule is CCC(CC)Cn1ccc2cnc(Nc3cnn(CC(=O)OCC(O)C(O)C(O)CC)c3)nc21. The molecule has 4 N–H and O–H groups in total. The highest BCUT2D eigenvalue weighted by atomic mass is 16.5. The number of anilines is 2. The minimum atomic E-state index is -1.38. The molecule has 0 aliphatic carbocycles. The molecular formula is C23H34N6O5. The van der Waals surface area contributed by atoms with Gasteiger partial charge in [0.2, 0.25) is 5.95 Å². The van der Waals surface area contributed by atoms with Crippen molar-refractivity contribution in [1.29, 1.82) is 0 Å². The molecule has 3 aromatic rings. The first-order valence-corrected chi connectivity index (χ1v) is 11.7. The third-order valence-corrected chi connectivity index (χ3v) is 5.91. The molecule has 11 nitrogen and oxygen atoms in total. The second kappa shape index (κ2) is 11.9. The van der Waals surface area contributed by atoms with Gasteiger partial charge in [0.15, 0.2) is 0 Å². The normalized spacial score (nSPS) is 14.3. The Morgan fingerprint density at radius 1 is 1.12 bits per heavy atom. The fraction of sp³-hybridized carbons (Fsp3) is 0.565. The molecular weight excluding hydrogens is 440 g/mol. The Morgan fingerprint density at radius 2 is 1.88 bits per heavy atom. The molecule has 0 radical (unpaired) electrons. The van der Waals surface area contributed by atoms with Crippen LogP contribution < -0.4 is 5.32 Å². The maximum Gasteiger partial charge on any atom is 0.327 e. The lowest BCUT2D eigenvalue weighted by Crippen LogP contribution is -2.40. The average Bonchev–Trinajstić information content (AvgIpc) is 3.46. The third-order valence-electron chi connectivity index (χ3n) is 5.91. The van der Waals surface area contributed by atoms with Gasteiger partial charge in [-0.15, -0.1) is 0 Å². The summed E-state index contributed by atoms with van der Waals surface area (Å²) in [6, 6.07) is 2.00. The van der Waals surface area contributed by atoms with E-state index < -0.39 is 30.9 Å². The van der Waals surface area contributed by atoms with Gasteiger partial charge in [-0.3, -0.25) is 9.48 Å². The molecule has 11 heteroatoms. The molecule has 186 valence electrons. The summed E-state index contributed by atoms with van der Waals surface area (Å²) in [4.78, 5) is 21.1. The molecule has 3 atom stereocenters. The topological polar surface area (TPSA) is 148 Å². The number of nitrogens with one attached hydrogen (secondary N) is 1. The van der Waals surface area contributed by atoms with E-state index in [0.29, 0.717) is 17.6 Å². The van der Waals surface area contributed by atoms with E-state index in [-0.39, 0.29) is 13.0 Å². The molecule has 3 unspecified atom stereocenters. The van der Waals surface area contributed by atoms with Crippen molar-refractivity contribution in [3.63, 3.8) is 0 Å². The van der Waals surface area contributed by atoms with Crippen molar-refractivity contribution >= 4 is 28.6 Å². The number of hydrogen-bond donors (Lipinski definition) is 4. The molecule has 0 fully saturated rings. The van der Waals surface area contributed by atoms with Crippen LogP contribution in [0.4, 0.5) is 11.6 Å². The standard InChI is InChI=1S/C23H34N6O5/c1-4-15(5-2)11-28-8-7-16-9-24-23(27-22(16)28)26-17-10-25-29(12-17)13-20(32)34-14-19(31)21(33)18(30)6-3/h7-10,12,15,18-19,21,30-31,33H,4-6,11,13-14H2,1-3H3,(H,24,26,27). The average molecular weight is 475 g/mol. The van der Waals surface area contributed by atoms with E-state index in [4.69, 9.17) is 4.74 Å². The molecule has 3 heterocycles. The molecule has 0 saturated heterocycles. The zero-order valence-corrected chi connectivity index (χ0v) is 19.8. The lowest BCUT2D eigenvalue weighted by molar-refractivity contribution is -0.152. The number of nitrogens with zero attached hydrogens (tertiary/aromatic N) is 5. The van der Waals surface area contributed by atoms with Gasteiger partial charge in [-0.2, -0.15) is 10.1 Å². The van der Waals surface area contributed by atoms with Crippen LogP contribution in [0.2, 0.25) is 0 Å². The van der Waals surface area contributed by atoms with E-state index >= 15 is 0 Å². The Balaban J connectivity index is 1.57. The van der Waals surface area contributed by atoms with Crippen LogP contribution in [0, 0.1) is 5.92 Å². The van der Waals surface area contributed by atoms with Gasteiger partial charge in [-0.25, -0.2) is 4.98 Å². The molecule has 0 aliphatic heterocycles. The number of fused-ring (bicyclic) bond motifs is 1. The predicted octanol–water partition coefficient (Wildman–Crippen LogP) is 1.84. The summed E-state index contributed by atoms with van der Waals surface area (Å²) in [5.41, 5.74) is 1.46. The zero-order chi connectivity index (χ0) is 24.7. The van der Waals surface area contributed by atoms with Crippen LogP contribution >= 0.6 is 0 Å². The van der Waals surface area contributed by atoms with Gasteiger partial charge >= 0.3 is 5.97 Å². The van der Waals surface area contributed by atoms with Crippen molar-refractivity contribution in [2.45, 2.75) is 71.4 Å². The molecule has 0 saturated carbocycles. The molecule has 3 rings (SSSR count). The van der Waals surface area contributed by atoms with Gasteiger partial charge in [0.05, 0.1) is 18.0 Å². The number of aliphatic hydroxyl groups excluding tert-OH is 3. The fourth-order valence-electron chi connectivity index (χ4n) is 3.60. The molecule has 3 aromatic heterocycles. The summed E-state index contributed by atoms with van der Waals surface area (Å²) in [5, 5.41) is 37.3. The molecule has 0 aliphatic rings. The number of ether oxygens (including phenoxy) is 1. The van der Waals surface area contributed by atoms with E-state index in [1.54, 1.807) is 25.5 Å².